The van der Waals surface area contributed by atoms with Crippen LogP contribution in [0, 0.1) is 0 Å². The van der Waals surface area contributed by atoms with Gasteiger partial charge in [-0.25, -0.2) is 0 Å². The van der Waals surface area contributed by atoms with E-state index in [1.54, 1.807) is 25.3 Å². The van der Waals surface area contributed by atoms with Crippen LogP contribution in [-0.4, -0.2) is 19.9 Å². The Balaban J connectivity index is 2.46. The molecule has 2 rings (SSSR count). The lowest BCUT2D eigenvalue weighted by Crippen LogP contribution is -2.29. The number of halogens is 1. The average molecular weight is 330 g/mol. The fourth-order valence-corrected chi connectivity index (χ4v) is 2.84. The van der Waals surface area contributed by atoms with Crippen molar-refractivity contribution in [3.05, 3.63) is 34.9 Å². The topological polar surface area (TPSA) is 71.1 Å². The molecule has 0 saturated heterocycles. The van der Waals surface area contributed by atoms with Crippen LogP contribution in [0.15, 0.2) is 34.9 Å². The molecular formula is C11H12BrN3O2S. The zero-order valence-corrected chi connectivity index (χ0v) is 12.0. The molecule has 18 heavy (non-hydrogen) atoms. The number of anilines is 1. The first-order valence-corrected chi connectivity index (χ1v) is 7.61. The molecule has 1 aromatic heterocycles. The summed E-state index contributed by atoms with van der Waals surface area (Å²) in [6.07, 6.45) is 1.63. The van der Waals surface area contributed by atoms with Gasteiger partial charge in [-0.05, 0) is 28.1 Å². The van der Waals surface area contributed by atoms with Gasteiger partial charge in [0.25, 0.3) is 10.2 Å². The number of benzene rings is 1. The predicted molar refractivity (Wildman–Crippen MR) is 75.7 cm³/mol. The molecule has 2 aromatic rings. The van der Waals surface area contributed by atoms with Crippen LogP contribution < -0.4 is 9.44 Å². The minimum absolute atomic E-state index is 0.332. The van der Waals surface area contributed by atoms with Gasteiger partial charge < -0.3 is 0 Å². The molecule has 2 N–H and O–H groups in total. The summed E-state index contributed by atoms with van der Waals surface area (Å²) >= 11 is 3.33. The maximum absolute atomic E-state index is 11.7. The molecule has 0 radical (unpaired) electrons. The highest BCUT2D eigenvalue weighted by Gasteiger charge is 2.10. The quantitative estimate of drug-likeness (QED) is 0.903. The van der Waals surface area contributed by atoms with Gasteiger partial charge in [0, 0.05) is 22.6 Å². The summed E-state index contributed by atoms with van der Waals surface area (Å²) in [5, 5.41) is 0.862. The zero-order valence-electron chi connectivity index (χ0n) is 9.64. The lowest BCUT2D eigenvalue weighted by molar-refractivity contribution is 0.589. The molecule has 1 heterocycles. The van der Waals surface area contributed by atoms with Gasteiger partial charge in [-0.15, -0.1) is 0 Å². The summed E-state index contributed by atoms with van der Waals surface area (Å²) in [7, 11) is -3.54. The summed E-state index contributed by atoms with van der Waals surface area (Å²) in [5.74, 6) is 0. The number of nitrogens with zero attached hydrogens (tertiary/aromatic N) is 1. The molecule has 0 bridgehead atoms. The van der Waals surface area contributed by atoms with Gasteiger partial charge in [0.1, 0.15) is 0 Å². The Bertz CT molecular complexity index is 673. The molecule has 0 unspecified atom stereocenters. The number of rotatable bonds is 4. The molecule has 0 saturated carbocycles. The summed E-state index contributed by atoms with van der Waals surface area (Å²) in [6.45, 7) is 2.05. The first-order valence-electron chi connectivity index (χ1n) is 5.33. The van der Waals surface area contributed by atoms with E-state index in [0.717, 1.165) is 9.86 Å². The predicted octanol–water partition coefficient (Wildman–Crippen LogP) is 2.26. The second kappa shape index (κ2) is 5.21. The first-order chi connectivity index (χ1) is 8.52. The van der Waals surface area contributed by atoms with Crippen molar-refractivity contribution >= 4 is 42.7 Å². The fourth-order valence-electron chi connectivity index (χ4n) is 1.59. The van der Waals surface area contributed by atoms with Crippen molar-refractivity contribution in [3.63, 3.8) is 0 Å². The van der Waals surface area contributed by atoms with Gasteiger partial charge in [-0.2, -0.15) is 13.1 Å². The summed E-state index contributed by atoms with van der Waals surface area (Å²) in [6, 6.07) is 7.21. The monoisotopic (exact) mass is 329 g/mol. The van der Waals surface area contributed by atoms with Gasteiger partial charge in [-0.3, -0.25) is 9.71 Å². The van der Waals surface area contributed by atoms with E-state index in [-0.39, 0.29) is 0 Å². The van der Waals surface area contributed by atoms with Crippen LogP contribution in [0.4, 0.5) is 5.69 Å². The number of fused-ring (bicyclic) bond motifs is 1. The second-order valence-electron chi connectivity index (χ2n) is 3.63. The van der Waals surface area contributed by atoms with Gasteiger partial charge in [-0.1, -0.05) is 19.1 Å². The maximum Gasteiger partial charge on any atom is 0.299 e. The highest BCUT2D eigenvalue weighted by atomic mass is 79.9. The molecule has 0 amide bonds. The second-order valence-corrected chi connectivity index (χ2v) is 6.05. The smallest absolute Gasteiger partial charge is 0.269 e. The number of para-hydroxylation sites is 1. The van der Waals surface area contributed by atoms with Crippen LogP contribution in [0.1, 0.15) is 6.92 Å². The minimum atomic E-state index is -3.54. The van der Waals surface area contributed by atoms with Crippen LogP contribution in [0.5, 0.6) is 0 Å². The number of pyridine rings is 1. The third kappa shape index (κ3) is 2.98. The van der Waals surface area contributed by atoms with Crippen molar-refractivity contribution in [1.82, 2.24) is 9.71 Å². The largest absolute Gasteiger partial charge is 0.299 e. The SMILES string of the molecule is CCNS(=O)(=O)Nc1cccc2cc(Br)cnc12. The van der Waals surface area contributed by atoms with Crippen LogP contribution >= 0.6 is 15.9 Å². The van der Waals surface area contributed by atoms with Crippen LogP contribution in [0.25, 0.3) is 10.9 Å². The van der Waals surface area contributed by atoms with Crippen molar-refractivity contribution in [3.8, 4) is 0 Å². The first kappa shape index (κ1) is 13.3. The zero-order chi connectivity index (χ0) is 13.2. The Kier molecular flexibility index (Phi) is 3.84. The Hall–Kier alpha value is -1.18. The maximum atomic E-state index is 11.7. The van der Waals surface area contributed by atoms with Gasteiger partial charge in [0.15, 0.2) is 0 Å². The van der Waals surface area contributed by atoms with Crippen molar-refractivity contribution in [1.29, 1.82) is 0 Å². The lowest BCUT2D eigenvalue weighted by Gasteiger charge is -2.10. The van der Waals surface area contributed by atoms with Gasteiger partial charge in [0.05, 0.1) is 11.2 Å². The van der Waals surface area contributed by atoms with Gasteiger partial charge >= 0.3 is 0 Å². The Morgan fingerprint density at radius 1 is 1.39 bits per heavy atom. The number of nitrogens with one attached hydrogen (secondary N) is 2. The molecule has 1 aromatic carbocycles. The Labute approximate surface area is 114 Å². The Morgan fingerprint density at radius 2 is 2.17 bits per heavy atom. The molecule has 7 heteroatoms. The van der Waals surface area contributed by atoms with Crippen LogP contribution in [-0.2, 0) is 10.2 Å². The number of aromatic nitrogens is 1. The lowest BCUT2D eigenvalue weighted by atomic mass is 10.2. The molecule has 0 atom stereocenters. The van der Waals surface area contributed by atoms with Crippen molar-refractivity contribution in [2.75, 3.05) is 11.3 Å². The molecular weight excluding hydrogens is 318 g/mol. The van der Waals surface area contributed by atoms with E-state index in [0.29, 0.717) is 17.7 Å². The van der Waals surface area contributed by atoms with E-state index >= 15 is 0 Å². The van der Waals surface area contributed by atoms with Gasteiger partial charge in [0.2, 0.25) is 0 Å². The summed E-state index contributed by atoms with van der Waals surface area (Å²) < 4.78 is 29.0. The molecule has 0 aliphatic heterocycles. The summed E-state index contributed by atoms with van der Waals surface area (Å²) in [4.78, 5) is 4.22. The Morgan fingerprint density at radius 3 is 2.89 bits per heavy atom. The van der Waals surface area contributed by atoms with E-state index < -0.39 is 10.2 Å². The molecule has 0 fully saturated rings. The van der Waals surface area contributed by atoms with Crippen molar-refractivity contribution in [2.24, 2.45) is 0 Å². The van der Waals surface area contributed by atoms with E-state index in [4.69, 9.17) is 0 Å². The third-order valence-electron chi connectivity index (χ3n) is 2.26. The van der Waals surface area contributed by atoms with E-state index in [2.05, 4.69) is 30.4 Å². The number of hydrogen-bond acceptors (Lipinski definition) is 3. The fraction of sp³-hybridized carbons (Fsp3) is 0.182. The van der Waals surface area contributed by atoms with Crippen LogP contribution in [0.3, 0.4) is 0 Å². The van der Waals surface area contributed by atoms with Crippen molar-refractivity contribution < 1.29 is 8.42 Å². The normalized spacial score (nSPS) is 11.7. The van der Waals surface area contributed by atoms with Crippen LogP contribution in [0.2, 0.25) is 0 Å². The average Bonchev–Trinajstić information content (AvgIpc) is 2.28. The van der Waals surface area contributed by atoms with E-state index in [9.17, 15) is 8.42 Å². The summed E-state index contributed by atoms with van der Waals surface area (Å²) in [5.41, 5.74) is 1.07. The molecule has 0 aliphatic carbocycles. The van der Waals surface area contributed by atoms with E-state index in [1.807, 2.05) is 12.1 Å². The molecule has 5 nitrogen and oxygen atoms in total. The molecule has 0 aliphatic rings. The number of hydrogen-bond donors (Lipinski definition) is 2. The highest BCUT2D eigenvalue weighted by Crippen LogP contribution is 2.24. The molecule has 0 spiro atoms. The van der Waals surface area contributed by atoms with Crippen molar-refractivity contribution in [2.45, 2.75) is 6.92 Å². The minimum Gasteiger partial charge on any atom is -0.269 e. The molecule has 96 valence electrons. The van der Waals surface area contributed by atoms with E-state index in [1.165, 1.54) is 0 Å². The third-order valence-corrected chi connectivity index (χ3v) is 3.85. The standard InChI is InChI=1S/C11H12BrN3O2S/c1-2-14-18(16,17)15-10-5-3-4-8-6-9(12)7-13-11(8)10/h3-7,14-15H,2H2,1H3. The highest BCUT2D eigenvalue weighted by molar-refractivity contribution is 9.10.